The van der Waals surface area contributed by atoms with E-state index in [9.17, 15) is 0 Å². The van der Waals surface area contributed by atoms with Gasteiger partial charge in [0.1, 0.15) is 7.85 Å². The molecule has 1 aliphatic rings. The number of nitrogens with one attached hydrogen (secondary N) is 1. The molecule has 0 aromatic rings. The third-order valence-electron chi connectivity index (χ3n) is 1.33. The molecule has 2 heteroatoms. The van der Waals surface area contributed by atoms with E-state index >= 15 is 0 Å². The molecule has 1 heterocycles. The van der Waals surface area contributed by atoms with Crippen molar-refractivity contribution in [3.8, 4) is 0 Å². The van der Waals surface area contributed by atoms with Gasteiger partial charge in [0.05, 0.1) is 0 Å². The highest BCUT2D eigenvalue weighted by atomic mass is 14.8. The summed E-state index contributed by atoms with van der Waals surface area (Å²) in [5, 5.41) is 3.22. The number of hydrogen-bond donors (Lipinski definition) is 1. The molecule has 0 unspecified atom stereocenters. The molecule has 42 valence electrons. The fraction of sp³-hybridized carbons (Fsp3) is 0.667. The van der Waals surface area contributed by atoms with Crippen molar-refractivity contribution >= 4 is 7.85 Å². The van der Waals surface area contributed by atoms with Crippen LogP contribution in [0.5, 0.6) is 0 Å². The lowest BCUT2D eigenvalue weighted by molar-refractivity contribution is 0.719. The van der Waals surface area contributed by atoms with Crippen LogP contribution in [-0.4, -0.2) is 20.9 Å². The maximum absolute atomic E-state index is 5.56. The minimum absolute atomic E-state index is 0.950. The second-order valence-electron chi connectivity index (χ2n) is 2.09. The zero-order valence-corrected chi connectivity index (χ0v) is 4.98. The molecule has 0 amide bonds. The van der Waals surface area contributed by atoms with Gasteiger partial charge < -0.3 is 5.32 Å². The van der Waals surface area contributed by atoms with Crippen LogP contribution in [0.3, 0.4) is 0 Å². The van der Waals surface area contributed by atoms with Crippen LogP contribution in [0.1, 0.15) is 12.8 Å². The van der Waals surface area contributed by atoms with Gasteiger partial charge in [0.15, 0.2) is 0 Å². The summed E-state index contributed by atoms with van der Waals surface area (Å²) >= 11 is 0. The minimum atomic E-state index is 0.950. The molecule has 0 aliphatic carbocycles. The Morgan fingerprint density at radius 2 is 2.50 bits per heavy atom. The minimum Gasteiger partial charge on any atom is -0.313 e. The Morgan fingerprint density at radius 3 is 3.38 bits per heavy atom. The van der Waals surface area contributed by atoms with Crippen molar-refractivity contribution in [3.63, 3.8) is 0 Å². The maximum Gasteiger partial charge on any atom is 0.107 e. The van der Waals surface area contributed by atoms with Crippen LogP contribution >= 0.6 is 0 Å². The lowest BCUT2D eigenvalue weighted by Gasteiger charge is -1.92. The van der Waals surface area contributed by atoms with E-state index in [-0.39, 0.29) is 0 Å². The molecule has 1 rings (SSSR count). The fourth-order valence-corrected chi connectivity index (χ4v) is 0.825. The SMILES string of the molecule is [B]C1=CCNCCC1. The van der Waals surface area contributed by atoms with Crippen LogP contribution in [0.4, 0.5) is 0 Å². The van der Waals surface area contributed by atoms with E-state index in [1.807, 2.05) is 6.08 Å². The van der Waals surface area contributed by atoms with Crippen molar-refractivity contribution in [3.05, 3.63) is 11.5 Å². The summed E-state index contributed by atoms with van der Waals surface area (Å²) in [6.45, 7) is 2.06. The van der Waals surface area contributed by atoms with Gasteiger partial charge in [-0.1, -0.05) is 6.08 Å². The molecule has 1 nitrogen and oxygen atoms in total. The molecular weight excluding hydrogens is 96.9 g/mol. The second-order valence-corrected chi connectivity index (χ2v) is 2.09. The predicted octanol–water partition coefficient (Wildman–Crippen LogP) is 0.422. The van der Waals surface area contributed by atoms with Crippen molar-refractivity contribution in [1.82, 2.24) is 5.32 Å². The normalized spacial score (nSPS) is 21.8. The Kier molecular flexibility index (Phi) is 2.16. The highest BCUT2D eigenvalue weighted by Gasteiger charge is 1.93. The smallest absolute Gasteiger partial charge is 0.107 e. The Morgan fingerprint density at radius 1 is 1.62 bits per heavy atom. The molecular formula is C6H10BN. The lowest BCUT2D eigenvalue weighted by atomic mass is 9.91. The Balaban J connectivity index is 2.36. The zero-order chi connectivity index (χ0) is 5.82. The van der Waals surface area contributed by atoms with Gasteiger partial charge in [-0.25, -0.2) is 0 Å². The van der Waals surface area contributed by atoms with E-state index in [2.05, 4.69) is 5.32 Å². The van der Waals surface area contributed by atoms with Gasteiger partial charge in [0, 0.05) is 6.54 Å². The first-order valence-corrected chi connectivity index (χ1v) is 3.05. The first-order valence-electron chi connectivity index (χ1n) is 3.05. The van der Waals surface area contributed by atoms with Crippen LogP contribution in [-0.2, 0) is 0 Å². The zero-order valence-electron chi connectivity index (χ0n) is 4.98. The molecule has 0 saturated carbocycles. The van der Waals surface area contributed by atoms with Crippen LogP contribution < -0.4 is 5.32 Å². The fourth-order valence-electron chi connectivity index (χ4n) is 0.825. The van der Waals surface area contributed by atoms with Gasteiger partial charge in [-0.2, -0.15) is 0 Å². The molecule has 0 bridgehead atoms. The van der Waals surface area contributed by atoms with E-state index in [1.165, 1.54) is 6.42 Å². The maximum atomic E-state index is 5.56. The Hall–Kier alpha value is -0.235. The van der Waals surface area contributed by atoms with E-state index in [0.29, 0.717) is 0 Å². The number of rotatable bonds is 0. The monoisotopic (exact) mass is 107 g/mol. The molecule has 2 radical (unpaired) electrons. The first kappa shape index (κ1) is 5.89. The van der Waals surface area contributed by atoms with Gasteiger partial charge in [-0.3, -0.25) is 0 Å². The van der Waals surface area contributed by atoms with Crippen molar-refractivity contribution in [2.75, 3.05) is 13.1 Å². The largest absolute Gasteiger partial charge is 0.313 e. The van der Waals surface area contributed by atoms with Crippen molar-refractivity contribution in [2.24, 2.45) is 0 Å². The molecule has 0 aromatic heterocycles. The second kappa shape index (κ2) is 2.93. The van der Waals surface area contributed by atoms with Gasteiger partial charge in [-0.05, 0) is 19.4 Å². The molecule has 0 aromatic carbocycles. The van der Waals surface area contributed by atoms with Crippen LogP contribution in [0.25, 0.3) is 0 Å². The van der Waals surface area contributed by atoms with Crippen LogP contribution in [0.15, 0.2) is 11.5 Å². The molecule has 0 fully saturated rings. The summed E-state index contributed by atoms with van der Waals surface area (Å²) in [5.74, 6) is 0. The molecule has 1 N–H and O–H groups in total. The van der Waals surface area contributed by atoms with Gasteiger partial charge in [0.25, 0.3) is 0 Å². The molecule has 0 spiro atoms. The van der Waals surface area contributed by atoms with Gasteiger partial charge >= 0.3 is 0 Å². The highest BCUT2D eigenvalue weighted by Crippen LogP contribution is 2.00. The Labute approximate surface area is 51.6 Å². The molecule has 8 heavy (non-hydrogen) atoms. The van der Waals surface area contributed by atoms with Crippen molar-refractivity contribution in [2.45, 2.75) is 12.8 Å². The van der Waals surface area contributed by atoms with E-state index < -0.39 is 0 Å². The summed E-state index contributed by atoms with van der Waals surface area (Å²) < 4.78 is 0. The number of hydrogen-bond acceptors (Lipinski definition) is 1. The van der Waals surface area contributed by atoms with E-state index in [1.54, 1.807) is 0 Å². The van der Waals surface area contributed by atoms with Crippen molar-refractivity contribution < 1.29 is 0 Å². The average Bonchev–Trinajstić information content (AvgIpc) is 1.94. The van der Waals surface area contributed by atoms with E-state index in [0.717, 1.165) is 25.0 Å². The first-order chi connectivity index (χ1) is 3.89. The summed E-state index contributed by atoms with van der Waals surface area (Å²) in [6.07, 6.45) is 4.29. The molecule has 1 aliphatic heterocycles. The standard InChI is InChI=1S/C6H10BN/c7-6-2-1-4-8-5-3-6/h3,8H,1-2,4-5H2. The summed E-state index contributed by atoms with van der Waals surface area (Å²) in [4.78, 5) is 0. The topological polar surface area (TPSA) is 12.0 Å². The summed E-state index contributed by atoms with van der Waals surface area (Å²) in [6, 6.07) is 0. The van der Waals surface area contributed by atoms with E-state index in [4.69, 9.17) is 7.85 Å². The van der Waals surface area contributed by atoms with Crippen molar-refractivity contribution in [1.29, 1.82) is 0 Å². The lowest BCUT2D eigenvalue weighted by Crippen LogP contribution is -2.12. The average molecular weight is 107 g/mol. The third-order valence-corrected chi connectivity index (χ3v) is 1.33. The summed E-state index contributed by atoms with van der Waals surface area (Å²) in [7, 11) is 5.56. The molecule has 0 atom stereocenters. The predicted molar refractivity (Wildman–Crippen MR) is 35.9 cm³/mol. The third kappa shape index (κ3) is 1.70. The van der Waals surface area contributed by atoms with Crippen LogP contribution in [0.2, 0.25) is 0 Å². The van der Waals surface area contributed by atoms with Crippen LogP contribution in [0, 0.1) is 0 Å². The Bertz CT molecular complexity index is 98.7. The summed E-state index contributed by atoms with van der Waals surface area (Å²) in [5.41, 5.74) is 1.04. The number of allylic oxidation sites excluding steroid dienone is 1. The quantitative estimate of drug-likeness (QED) is 0.442. The molecule has 0 saturated heterocycles. The van der Waals surface area contributed by atoms with Gasteiger partial charge in [-0.15, -0.1) is 5.47 Å². The highest BCUT2D eigenvalue weighted by molar-refractivity contribution is 6.21. The van der Waals surface area contributed by atoms with Gasteiger partial charge in [0.2, 0.25) is 0 Å².